The third kappa shape index (κ3) is 4.66. The average Bonchev–Trinajstić information content (AvgIpc) is 2.59. The van der Waals surface area contributed by atoms with E-state index < -0.39 is 0 Å². The normalized spacial score (nSPS) is 9.94. The van der Waals surface area contributed by atoms with Crippen LogP contribution in [-0.2, 0) is 11.3 Å². The summed E-state index contributed by atoms with van der Waals surface area (Å²) in [5.41, 5.74) is 0.861. The number of carbonyl (C=O) groups excluding carboxylic acids is 1. The molecule has 1 aromatic rings. The predicted molar refractivity (Wildman–Crippen MR) is 60.9 cm³/mol. The van der Waals surface area contributed by atoms with Crippen molar-refractivity contribution in [3.05, 3.63) is 17.3 Å². The van der Waals surface area contributed by atoms with Crippen molar-refractivity contribution in [2.75, 3.05) is 13.1 Å². The van der Waals surface area contributed by atoms with Gasteiger partial charge in [-0.25, -0.2) is 4.98 Å². The van der Waals surface area contributed by atoms with Gasteiger partial charge >= 0.3 is 0 Å². The molecule has 1 amide bonds. The van der Waals surface area contributed by atoms with Gasteiger partial charge in [-0.3, -0.25) is 10.1 Å². The molecule has 1 rings (SSSR count). The highest BCUT2D eigenvalue weighted by Crippen LogP contribution is 2.07. The second-order valence-corrected chi connectivity index (χ2v) is 3.61. The first kappa shape index (κ1) is 13.2. The molecule has 0 saturated heterocycles. The van der Waals surface area contributed by atoms with Gasteiger partial charge in [0.2, 0.25) is 11.8 Å². The molecule has 1 aromatic heterocycles. The molecule has 0 aromatic carbocycles. The van der Waals surface area contributed by atoms with E-state index >= 15 is 0 Å². The number of nitrogens with one attached hydrogen (secondary N) is 2. The Morgan fingerprint density at radius 2 is 2.29 bits per heavy atom. The van der Waals surface area contributed by atoms with Crippen molar-refractivity contribution in [3.8, 4) is 6.07 Å². The number of hydrogen-bond donors (Lipinski definition) is 2. The van der Waals surface area contributed by atoms with Gasteiger partial charge in [0, 0.05) is 6.54 Å². The van der Waals surface area contributed by atoms with Gasteiger partial charge in [0.25, 0.3) is 0 Å². The maximum atomic E-state index is 11.2. The molecule has 0 atom stereocenters. The molecule has 17 heavy (non-hydrogen) atoms. The van der Waals surface area contributed by atoms with Gasteiger partial charge < -0.3 is 9.73 Å². The average molecular weight is 236 g/mol. The van der Waals surface area contributed by atoms with Crippen LogP contribution in [0.2, 0.25) is 0 Å². The summed E-state index contributed by atoms with van der Waals surface area (Å²) in [5, 5.41) is 13.8. The first-order valence-corrected chi connectivity index (χ1v) is 5.40. The summed E-state index contributed by atoms with van der Waals surface area (Å²) in [6.07, 6.45) is 0.323. The molecule has 0 aliphatic rings. The monoisotopic (exact) mass is 236 g/mol. The second-order valence-electron chi connectivity index (χ2n) is 3.61. The Labute approximate surface area is 100 Å². The fraction of sp³-hybridized carbons (Fsp3) is 0.545. The van der Waals surface area contributed by atoms with Gasteiger partial charge in [0.15, 0.2) is 0 Å². The van der Waals surface area contributed by atoms with Crippen LogP contribution in [0, 0.1) is 25.2 Å². The molecule has 6 nitrogen and oxygen atoms in total. The number of hydrogen-bond acceptors (Lipinski definition) is 5. The van der Waals surface area contributed by atoms with E-state index in [4.69, 9.17) is 9.68 Å². The van der Waals surface area contributed by atoms with Crippen LogP contribution in [0.5, 0.6) is 0 Å². The molecule has 6 heteroatoms. The second kappa shape index (κ2) is 6.66. The van der Waals surface area contributed by atoms with E-state index in [1.54, 1.807) is 0 Å². The quantitative estimate of drug-likeness (QED) is 0.698. The van der Waals surface area contributed by atoms with E-state index in [1.165, 1.54) is 0 Å². The lowest BCUT2D eigenvalue weighted by Crippen LogP contribution is -2.34. The number of amides is 1. The molecule has 0 aliphatic heterocycles. The van der Waals surface area contributed by atoms with Crippen LogP contribution in [0.1, 0.15) is 23.8 Å². The molecule has 0 saturated carbocycles. The number of carbonyl (C=O) groups is 1. The topological polar surface area (TPSA) is 91.0 Å². The van der Waals surface area contributed by atoms with Crippen molar-refractivity contribution in [1.82, 2.24) is 15.6 Å². The van der Waals surface area contributed by atoms with Gasteiger partial charge in [0.05, 0.1) is 31.3 Å². The lowest BCUT2D eigenvalue weighted by molar-refractivity contribution is -0.120. The summed E-state index contributed by atoms with van der Waals surface area (Å²) in [6, 6.07) is 1.95. The summed E-state index contributed by atoms with van der Waals surface area (Å²) < 4.78 is 5.35. The number of aryl methyl sites for hydroxylation is 2. The zero-order valence-electron chi connectivity index (χ0n) is 10.0. The minimum atomic E-state index is -0.139. The first-order chi connectivity index (χ1) is 8.13. The van der Waals surface area contributed by atoms with Crippen LogP contribution in [0.15, 0.2) is 4.42 Å². The molecule has 0 radical (unpaired) electrons. The van der Waals surface area contributed by atoms with E-state index in [1.807, 2.05) is 19.9 Å². The maximum absolute atomic E-state index is 11.2. The van der Waals surface area contributed by atoms with E-state index in [0.717, 1.165) is 11.5 Å². The fourth-order valence-corrected chi connectivity index (χ4v) is 1.22. The van der Waals surface area contributed by atoms with Crippen molar-refractivity contribution in [2.24, 2.45) is 0 Å². The molecule has 0 unspecified atom stereocenters. The highest BCUT2D eigenvalue weighted by Gasteiger charge is 2.05. The highest BCUT2D eigenvalue weighted by atomic mass is 16.4. The van der Waals surface area contributed by atoms with Crippen LogP contribution in [0.4, 0.5) is 0 Å². The van der Waals surface area contributed by atoms with Crippen molar-refractivity contribution in [2.45, 2.75) is 26.8 Å². The van der Waals surface area contributed by atoms with Gasteiger partial charge in [-0.05, 0) is 13.8 Å². The number of aromatic nitrogens is 1. The molecular weight excluding hydrogens is 220 g/mol. The van der Waals surface area contributed by atoms with Crippen molar-refractivity contribution >= 4 is 5.91 Å². The maximum Gasteiger partial charge on any atom is 0.234 e. The minimum absolute atomic E-state index is 0.139. The Kier molecular flexibility index (Phi) is 5.17. The smallest absolute Gasteiger partial charge is 0.234 e. The van der Waals surface area contributed by atoms with E-state index in [2.05, 4.69) is 15.6 Å². The third-order valence-corrected chi connectivity index (χ3v) is 2.19. The Morgan fingerprint density at radius 3 is 2.88 bits per heavy atom. The van der Waals surface area contributed by atoms with Crippen LogP contribution in [-0.4, -0.2) is 24.0 Å². The Bertz CT molecular complexity index is 400. The summed E-state index contributed by atoms with van der Waals surface area (Å²) in [6.45, 7) is 4.71. The molecule has 2 N–H and O–H groups in total. The SMILES string of the molecule is Cc1nc(CNCC(=O)NCCC#N)oc1C. The first-order valence-electron chi connectivity index (χ1n) is 5.40. The van der Waals surface area contributed by atoms with Gasteiger partial charge in [-0.15, -0.1) is 0 Å². The van der Waals surface area contributed by atoms with Crippen LogP contribution < -0.4 is 10.6 Å². The van der Waals surface area contributed by atoms with Crippen molar-refractivity contribution < 1.29 is 9.21 Å². The third-order valence-electron chi connectivity index (χ3n) is 2.19. The predicted octanol–water partition coefficient (Wildman–Crippen LogP) is 0.411. The largest absolute Gasteiger partial charge is 0.444 e. The van der Waals surface area contributed by atoms with Crippen LogP contribution in [0.3, 0.4) is 0 Å². The molecule has 0 spiro atoms. The van der Waals surface area contributed by atoms with Gasteiger partial charge in [0.1, 0.15) is 5.76 Å². The lowest BCUT2D eigenvalue weighted by Gasteiger charge is -2.02. The molecule has 92 valence electrons. The molecular formula is C11H16N4O2. The van der Waals surface area contributed by atoms with E-state index in [9.17, 15) is 4.79 Å². The van der Waals surface area contributed by atoms with E-state index in [-0.39, 0.29) is 12.5 Å². The molecule has 1 heterocycles. The number of oxazole rings is 1. The zero-order chi connectivity index (χ0) is 12.7. The Morgan fingerprint density at radius 1 is 1.53 bits per heavy atom. The van der Waals surface area contributed by atoms with E-state index in [0.29, 0.717) is 25.4 Å². The summed E-state index contributed by atoms with van der Waals surface area (Å²) >= 11 is 0. The van der Waals surface area contributed by atoms with Crippen LogP contribution >= 0.6 is 0 Å². The van der Waals surface area contributed by atoms with Crippen LogP contribution in [0.25, 0.3) is 0 Å². The number of nitriles is 1. The fourth-order valence-electron chi connectivity index (χ4n) is 1.22. The van der Waals surface area contributed by atoms with Gasteiger partial charge in [-0.1, -0.05) is 0 Å². The number of rotatable bonds is 6. The Balaban J connectivity index is 2.19. The molecule has 0 fully saturated rings. The summed E-state index contributed by atoms with van der Waals surface area (Å²) in [7, 11) is 0. The molecule has 0 bridgehead atoms. The van der Waals surface area contributed by atoms with Crippen molar-refractivity contribution in [3.63, 3.8) is 0 Å². The minimum Gasteiger partial charge on any atom is -0.444 e. The Hall–Kier alpha value is -1.87. The zero-order valence-corrected chi connectivity index (χ0v) is 10.0. The summed E-state index contributed by atoms with van der Waals surface area (Å²) in [5.74, 6) is 1.23. The lowest BCUT2D eigenvalue weighted by atomic mass is 10.4. The summed E-state index contributed by atoms with van der Waals surface area (Å²) in [4.78, 5) is 15.4. The van der Waals surface area contributed by atoms with Gasteiger partial charge in [-0.2, -0.15) is 5.26 Å². The van der Waals surface area contributed by atoms with Crippen molar-refractivity contribution in [1.29, 1.82) is 5.26 Å². The molecule has 0 aliphatic carbocycles. The number of nitrogens with zero attached hydrogens (tertiary/aromatic N) is 2. The standard InChI is InChI=1S/C11H16N4O2/c1-8-9(2)17-11(15-8)7-13-6-10(16)14-5-3-4-12/h13H,3,5-7H2,1-2H3,(H,14,16). The highest BCUT2D eigenvalue weighted by molar-refractivity contribution is 5.77.